The second-order valence-electron chi connectivity index (χ2n) is 7.37. The van der Waals surface area contributed by atoms with Crippen LogP contribution in [-0.4, -0.2) is 15.9 Å². The number of aryl methyl sites for hydroxylation is 1. The van der Waals surface area contributed by atoms with Crippen LogP contribution in [0.2, 0.25) is 0 Å². The molecule has 0 unspecified atom stereocenters. The maximum absolute atomic E-state index is 13.8. The Labute approximate surface area is 212 Å². The smallest absolute Gasteiger partial charge is 0.282 e. The van der Waals surface area contributed by atoms with Crippen molar-refractivity contribution in [3.05, 3.63) is 102 Å². The molecule has 5 nitrogen and oxygen atoms in total. The van der Waals surface area contributed by atoms with Crippen LogP contribution >= 0.6 is 38.5 Å². The van der Waals surface area contributed by atoms with Crippen molar-refractivity contribution in [3.8, 4) is 5.75 Å². The maximum atomic E-state index is 13.8. The second kappa shape index (κ2) is 10.6. The summed E-state index contributed by atoms with van der Waals surface area (Å²) < 4.78 is 22.7. The zero-order chi connectivity index (χ0) is 23.4. The molecular weight excluding hydrogens is 600 g/mol. The van der Waals surface area contributed by atoms with E-state index >= 15 is 0 Å². The van der Waals surface area contributed by atoms with Crippen molar-refractivity contribution in [2.24, 2.45) is 5.10 Å². The fourth-order valence-electron chi connectivity index (χ4n) is 3.31. The van der Waals surface area contributed by atoms with Gasteiger partial charge < -0.3 is 4.74 Å². The van der Waals surface area contributed by atoms with Crippen LogP contribution in [0.1, 0.15) is 30.3 Å². The first-order valence-corrected chi connectivity index (χ1v) is 12.2. The highest BCUT2D eigenvalue weighted by Crippen LogP contribution is 2.23. The zero-order valence-electron chi connectivity index (χ0n) is 17.8. The lowest BCUT2D eigenvalue weighted by molar-refractivity contribution is 0.297. The van der Waals surface area contributed by atoms with Gasteiger partial charge in [0.1, 0.15) is 24.0 Å². The van der Waals surface area contributed by atoms with Gasteiger partial charge >= 0.3 is 0 Å². The summed E-state index contributed by atoms with van der Waals surface area (Å²) in [5.74, 6) is 0.978. The molecule has 1 aromatic heterocycles. The molecule has 3 aromatic carbocycles. The SMILES string of the molecule is CCCc1nc2ccc(Br)cc2c(=O)n1N=Cc1ccc(OCc2ccccc2F)c(I)c1. The average molecular weight is 620 g/mol. The first-order chi connectivity index (χ1) is 16.0. The summed E-state index contributed by atoms with van der Waals surface area (Å²) in [6, 6.07) is 17.6. The molecule has 0 N–H and O–H groups in total. The Morgan fingerprint density at radius 3 is 2.76 bits per heavy atom. The fourth-order valence-corrected chi connectivity index (χ4v) is 4.37. The molecule has 0 radical (unpaired) electrons. The fraction of sp³-hybridized carbons (Fsp3) is 0.160. The maximum Gasteiger partial charge on any atom is 0.282 e. The van der Waals surface area contributed by atoms with E-state index in [-0.39, 0.29) is 18.0 Å². The Bertz CT molecular complexity index is 1400. The van der Waals surface area contributed by atoms with Crippen LogP contribution in [0.25, 0.3) is 10.9 Å². The third-order valence-electron chi connectivity index (χ3n) is 4.97. The number of benzene rings is 3. The van der Waals surface area contributed by atoms with Gasteiger partial charge in [-0.15, -0.1) is 0 Å². The van der Waals surface area contributed by atoms with E-state index in [0.29, 0.717) is 34.5 Å². The summed E-state index contributed by atoms with van der Waals surface area (Å²) in [5, 5.41) is 4.97. The van der Waals surface area contributed by atoms with E-state index in [1.54, 1.807) is 30.5 Å². The molecule has 168 valence electrons. The van der Waals surface area contributed by atoms with Crippen LogP contribution in [0, 0.1) is 9.39 Å². The van der Waals surface area contributed by atoms with E-state index in [1.807, 2.05) is 37.3 Å². The molecular formula is C25H20BrFIN3O2. The number of ether oxygens (including phenoxy) is 1. The molecule has 0 aliphatic rings. The molecule has 33 heavy (non-hydrogen) atoms. The Hall–Kier alpha value is -2.59. The van der Waals surface area contributed by atoms with E-state index in [4.69, 9.17) is 4.74 Å². The van der Waals surface area contributed by atoms with Gasteiger partial charge in [-0.05, 0) is 77.0 Å². The lowest BCUT2D eigenvalue weighted by atomic mass is 10.2. The van der Waals surface area contributed by atoms with Crippen LogP contribution in [0.5, 0.6) is 5.75 Å². The number of hydrogen-bond donors (Lipinski definition) is 0. The largest absolute Gasteiger partial charge is 0.488 e. The van der Waals surface area contributed by atoms with E-state index in [2.05, 4.69) is 48.6 Å². The number of aromatic nitrogens is 2. The molecule has 0 bridgehead atoms. The lowest BCUT2D eigenvalue weighted by Crippen LogP contribution is -2.22. The molecule has 1 heterocycles. The minimum Gasteiger partial charge on any atom is -0.488 e. The summed E-state index contributed by atoms with van der Waals surface area (Å²) in [6.45, 7) is 2.18. The third-order valence-corrected chi connectivity index (χ3v) is 6.30. The zero-order valence-corrected chi connectivity index (χ0v) is 21.5. The lowest BCUT2D eigenvalue weighted by Gasteiger charge is -2.10. The van der Waals surface area contributed by atoms with Gasteiger partial charge in [0.05, 0.1) is 20.7 Å². The molecule has 0 saturated carbocycles. The van der Waals surface area contributed by atoms with Gasteiger partial charge in [-0.25, -0.2) is 9.37 Å². The molecule has 8 heteroatoms. The Morgan fingerprint density at radius 1 is 1.18 bits per heavy atom. The van der Waals surface area contributed by atoms with Gasteiger partial charge in [-0.1, -0.05) is 41.1 Å². The van der Waals surface area contributed by atoms with Crippen LogP contribution in [-0.2, 0) is 13.0 Å². The first kappa shape index (κ1) is 23.6. The van der Waals surface area contributed by atoms with Gasteiger partial charge in [0.25, 0.3) is 5.56 Å². The van der Waals surface area contributed by atoms with Crippen molar-refractivity contribution in [3.63, 3.8) is 0 Å². The van der Waals surface area contributed by atoms with Crippen molar-refractivity contribution in [2.45, 2.75) is 26.4 Å². The summed E-state index contributed by atoms with van der Waals surface area (Å²) in [7, 11) is 0. The molecule has 0 aliphatic heterocycles. The van der Waals surface area contributed by atoms with Gasteiger partial charge in [-0.3, -0.25) is 4.79 Å². The van der Waals surface area contributed by atoms with Crippen LogP contribution in [0.4, 0.5) is 4.39 Å². The number of rotatable bonds is 7. The van der Waals surface area contributed by atoms with Crippen LogP contribution < -0.4 is 10.3 Å². The second-order valence-corrected chi connectivity index (χ2v) is 9.45. The highest BCUT2D eigenvalue weighted by atomic mass is 127. The molecule has 0 aliphatic carbocycles. The first-order valence-electron chi connectivity index (χ1n) is 10.4. The third kappa shape index (κ3) is 5.50. The summed E-state index contributed by atoms with van der Waals surface area (Å²) >= 11 is 5.58. The minimum absolute atomic E-state index is 0.143. The van der Waals surface area contributed by atoms with Gasteiger partial charge in [0.2, 0.25) is 0 Å². The van der Waals surface area contributed by atoms with E-state index in [9.17, 15) is 9.18 Å². The van der Waals surface area contributed by atoms with Crippen molar-refractivity contribution < 1.29 is 9.13 Å². The van der Waals surface area contributed by atoms with E-state index in [0.717, 1.165) is 20.0 Å². The predicted molar refractivity (Wildman–Crippen MR) is 141 cm³/mol. The standard InChI is InChI=1S/C25H20BrFIN3O2/c1-2-5-24-30-22-10-9-18(26)13-19(22)25(32)31(24)29-14-16-8-11-23(21(28)12-16)33-15-17-6-3-4-7-20(17)27/h3-4,6-14H,2,5,15H2,1H3. The highest BCUT2D eigenvalue weighted by molar-refractivity contribution is 14.1. The van der Waals surface area contributed by atoms with Gasteiger partial charge in [0.15, 0.2) is 0 Å². The number of halogens is 3. The molecule has 0 fully saturated rings. The van der Waals surface area contributed by atoms with Crippen LogP contribution in [0.3, 0.4) is 0 Å². The minimum atomic E-state index is -0.291. The van der Waals surface area contributed by atoms with Gasteiger partial charge in [0, 0.05) is 16.5 Å². The van der Waals surface area contributed by atoms with Crippen molar-refractivity contribution in [1.29, 1.82) is 0 Å². The summed E-state index contributed by atoms with van der Waals surface area (Å²) in [5.41, 5.74) is 1.75. The molecule has 4 aromatic rings. The van der Waals surface area contributed by atoms with Crippen LogP contribution in [0.15, 0.2) is 75.0 Å². The van der Waals surface area contributed by atoms with Crippen molar-refractivity contribution in [2.75, 3.05) is 0 Å². The average Bonchev–Trinajstić information content (AvgIpc) is 2.80. The highest BCUT2D eigenvalue weighted by Gasteiger charge is 2.11. The van der Waals surface area contributed by atoms with E-state index in [1.165, 1.54) is 10.7 Å². The summed E-state index contributed by atoms with van der Waals surface area (Å²) in [4.78, 5) is 17.7. The Kier molecular flexibility index (Phi) is 7.54. The molecule has 0 atom stereocenters. The van der Waals surface area contributed by atoms with E-state index < -0.39 is 0 Å². The Morgan fingerprint density at radius 2 is 2.00 bits per heavy atom. The van der Waals surface area contributed by atoms with Crippen molar-refractivity contribution >= 4 is 55.6 Å². The quantitative estimate of drug-likeness (QED) is 0.180. The number of nitrogens with zero attached hydrogens (tertiary/aromatic N) is 3. The predicted octanol–water partition coefficient (Wildman–Crippen LogP) is 6.32. The summed E-state index contributed by atoms with van der Waals surface area (Å²) in [6.07, 6.45) is 3.11. The monoisotopic (exact) mass is 619 g/mol. The number of hydrogen-bond acceptors (Lipinski definition) is 4. The topological polar surface area (TPSA) is 56.5 Å². The molecule has 0 spiro atoms. The van der Waals surface area contributed by atoms with Crippen molar-refractivity contribution in [1.82, 2.24) is 9.66 Å². The molecule has 0 amide bonds. The molecule has 0 saturated heterocycles. The number of fused-ring (bicyclic) bond motifs is 1. The molecule has 4 rings (SSSR count). The normalized spacial score (nSPS) is 11.4. The van der Waals surface area contributed by atoms with Gasteiger partial charge in [-0.2, -0.15) is 9.78 Å². The Balaban J connectivity index is 1.60.